The Hall–Kier alpha value is -2.10. The van der Waals surface area contributed by atoms with E-state index in [1.165, 1.54) is 0 Å². The topological polar surface area (TPSA) is 60.9 Å². The van der Waals surface area contributed by atoms with Crippen molar-refractivity contribution >= 4 is 5.91 Å². The number of aromatic nitrogens is 2. The Kier molecular flexibility index (Phi) is 2.25. The molecule has 0 aromatic carbocycles. The van der Waals surface area contributed by atoms with Crippen molar-refractivity contribution in [3.8, 4) is 11.4 Å². The van der Waals surface area contributed by atoms with Gasteiger partial charge in [0.2, 0.25) is 0 Å². The third-order valence-corrected chi connectivity index (χ3v) is 2.25. The smallest absolute Gasteiger partial charge is 0.250 e. The summed E-state index contributed by atoms with van der Waals surface area (Å²) in [7, 11) is 1.86. The molecule has 2 aromatic rings. The predicted octanol–water partition coefficient (Wildman–Crippen LogP) is 1.19. The summed E-state index contributed by atoms with van der Waals surface area (Å²) in [6, 6.07) is 7.25. The van der Waals surface area contributed by atoms with Crippen LogP contribution >= 0.6 is 0 Å². The SMILES string of the molecule is Cn1ccc(C(N)=O)c1-c1ccccn1. The summed E-state index contributed by atoms with van der Waals surface area (Å²) in [5, 5.41) is 0. The molecule has 0 aliphatic rings. The van der Waals surface area contributed by atoms with Crippen LogP contribution in [0.25, 0.3) is 11.4 Å². The van der Waals surface area contributed by atoms with Gasteiger partial charge in [-0.05, 0) is 18.2 Å². The van der Waals surface area contributed by atoms with Gasteiger partial charge in [0, 0.05) is 19.4 Å². The van der Waals surface area contributed by atoms with Crippen LogP contribution in [0.4, 0.5) is 0 Å². The van der Waals surface area contributed by atoms with Gasteiger partial charge < -0.3 is 10.3 Å². The summed E-state index contributed by atoms with van der Waals surface area (Å²) in [4.78, 5) is 15.4. The van der Waals surface area contributed by atoms with Crippen molar-refractivity contribution in [3.63, 3.8) is 0 Å². The molecule has 0 atom stereocenters. The van der Waals surface area contributed by atoms with Gasteiger partial charge in [-0.25, -0.2) is 0 Å². The minimum Gasteiger partial charge on any atom is -0.366 e. The number of pyridine rings is 1. The van der Waals surface area contributed by atoms with Crippen molar-refractivity contribution in [2.75, 3.05) is 0 Å². The quantitative estimate of drug-likeness (QED) is 0.793. The minimum absolute atomic E-state index is 0.434. The number of nitrogens with two attached hydrogens (primary N) is 1. The average Bonchev–Trinajstić information content (AvgIpc) is 2.61. The monoisotopic (exact) mass is 201 g/mol. The van der Waals surface area contributed by atoms with Gasteiger partial charge in [-0.2, -0.15) is 0 Å². The molecule has 2 rings (SSSR count). The molecule has 0 saturated heterocycles. The lowest BCUT2D eigenvalue weighted by molar-refractivity contribution is 0.100. The molecule has 1 amide bonds. The van der Waals surface area contributed by atoms with Crippen LogP contribution in [0.2, 0.25) is 0 Å². The van der Waals surface area contributed by atoms with Crippen LogP contribution < -0.4 is 5.73 Å². The molecule has 4 nitrogen and oxygen atoms in total. The van der Waals surface area contributed by atoms with E-state index in [1.54, 1.807) is 18.5 Å². The normalized spacial score (nSPS) is 10.2. The van der Waals surface area contributed by atoms with Crippen LogP contribution in [0.5, 0.6) is 0 Å². The van der Waals surface area contributed by atoms with Crippen LogP contribution in [0.1, 0.15) is 10.4 Å². The van der Waals surface area contributed by atoms with E-state index in [9.17, 15) is 4.79 Å². The molecule has 0 bridgehead atoms. The molecular formula is C11H11N3O. The average molecular weight is 201 g/mol. The van der Waals surface area contributed by atoms with E-state index in [1.807, 2.05) is 29.8 Å². The Morgan fingerprint density at radius 1 is 1.40 bits per heavy atom. The predicted molar refractivity (Wildman–Crippen MR) is 57.2 cm³/mol. The van der Waals surface area contributed by atoms with Crippen molar-refractivity contribution in [2.24, 2.45) is 12.8 Å². The van der Waals surface area contributed by atoms with E-state index in [4.69, 9.17) is 5.73 Å². The first-order chi connectivity index (χ1) is 7.20. The molecule has 0 saturated carbocycles. The molecule has 2 N–H and O–H groups in total. The fraction of sp³-hybridized carbons (Fsp3) is 0.0909. The number of nitrogens with zero attached hydrogens (tertiary/aromatic N) is 2. The van der Waals surface area contributed by atoms with Gasteiger partial charge in [-0.15, -0.1) is 0 Å². The number of rotatable bonds is 2. The number of hydrogen-bond acceptors (Lipinski definition) is 2. The number of primary amides is 1. The van der Waals surface area contributed by atoms with E-state index < -0.39 is 5.91 Å². The van der Waals surface area contributed by atoms with Gasteiger partial charge in [0.15, 0.2) is 0 Å². The molecule has 76 valence electrons. The number of amides is 1. The Balaban J connectivity index is 2.62. The lowest BCUT2D eigenvalue weighted by Gasteiger charge is -2.04. The lowest BCUT2D eigenvalue weighted by atomic mass is 10.1. The van der Waals surface area contributed by atoms with Gasteiger partial charge in [0.25, 0.3) is 5.91 Å². The fourth-order valence-electron chi connectivity index (χ4n) is 1.55. The second-order valence-corrected chi connectivity index (χ2v) is 3.27. The number of carbonyl (C=O) groups excluding carboxylic acids is 1. The molecule has 2 heterocycles. The van der Waals surface area contributed by atoms with Crippen LogP contribution in [-0.4, -0.2) is 15.5 Å². The second-order valence-electron chi connectivity index (χ2n) is 3.27. The highest BCUT2D eigenvalue weighted by Crippen LogP contribution is 2.21. The van der Waals surface area contributed by atoms with Crippen LogP contribution in [0, 0.1) is 0 Å². The Bertz CT molecular complexity index is 488. The molecule has 0 radical (unpaired) electrons. The summed E-state index contributed by atoms with van der Waals surface area (Å²) in [6.07, 6.45) is 3.48. The maximum Gasteiger partial charge on any atom is 0.250 e. The highest BCUT2D eigenvalue weighted by atomic mass is 16.1. The summed E-state index contributed by atoms with van der Waals surface area (Å²) < 4.78 is 1.84. The first kappa shape index (κ1) is 9.45. The molecule has 4 heteroatoms. The summed E-state index contributed by atoms with van der Waals surface area (Å²) in [5.41, 5.74) is 7.28. The fourth-order valence-corrected chi connectivity index (χ4v) is 1.55. The van der Waals surface area contributed by atoms with E-state index in [0.717, 1.165) is 11.4 Å². The van der Waals surface area contributed by atoms with Crippen LogP contribution in [-0.2, 0) is 7.05 Å². The Morgan fingerprint density at radius 3 is 2.80 bits per heavy atom. The molecule has 0 unspecified atom stereocenters. The highest BCUT2D eigenvalue weighted by molar-refractivity contribution is 5.98. The van der Waals surface area contributed by atoms with E-state index in [0.29, 0.717) is 5.56 Å². The van der Waals surface area contributed by atoms with Crippen molar-refractivity contribution in [1.29, 1.82) is 0 Å². The second kappa shape index (κ2) is 3.57. The molecule has 2 aromatic heterocycles. The van der Waals surface area contributed by atoms with Crippen molar-refractivity contribution in [1.82, 2.24) is 9.55 Å². The highest BCUT2D eigenvalue weighted by Gasteiger charge is 2.13. The van der Waals surface area contributed by atoms with Crippen molar-refractivity contribution in [3.05, 3.63) is 42.2 Å². The molecule has 0 fully saturated rings. The minimum atomic E-state index is -0.434. The molecule has 0 aliphatic heterocycles. The maximum atomic E-state index is 11.2. The number of carbonyl (C=O) groups is 1. The van der Waals surface area contributed by atoms with E-state index in [-0.39, 0.29) is 0 Å². The third-order valence-electron chi connectivity index (χ3n) is 2.25. The standard InChI is InChI=1S/C11H11N3O/c1-14-7-5-8(11(12)15)10(14)9-4-2-3-6-13-9/h2-7H,1H3,(H2,12,15). The first-order valence-corrected chi connectivity index (χ1v) is 4.56. The summed E-state index contributed by atoms with van der Waals surface area (Å²) in [6.45, 7) is 0. The molecule has 15 heavy (non-hydrogen) atoms. The third kappa shape index (κ3) is 1.61. The van der Waals surface area contributed by atoms with Gasteiger partial charge in [0.05, 0.1) is 17.0 Å². The summed E-state index contributed by atoms with van der Waals surface area (Å²) in [5.74, 6) is -0.434. The largest absolute Gasteiger partial charge is 0.366 e. The maximum absolute atomic E-state index is 11.2. The van der Waals surface area contributed by atoms with Crippen molar-refractivity contribution < 1.29 is 4.79 Å². The number of aryl methyl sites for hydroxylation is 1. The summed E-state index contributed by atoms with van der Waals surface area (Å²) >= 11 is 0. The Morgan fingerprint density at radius 2 is 2.20 bits per heavy atom. The van der Waals surface area contributed by atoms with Gasteiger partial charge in [-0.1, -0.05) is 6.07 Å². The number of hydrogen-bond donors (Lipinski definition) is 1. The molecule has 0 spiro atoms. The van der Waals surface area contributed by atoms with Gasteiger partial charge >= 0.3 is 0 Å². The molecule has 0 aliphatic carbocycles. The zero-order valence-corrected chi connectivity index (χ0v) is 8.34. The van der Waals surface area contributed by atoms with E-state index >= 15 is 0 Å². The van der Waals surface area contributed by atoms with Crippen LogP contribution in [0.15, 0.2) is 36.7 Å². The molecular weight excluding hydrogens is 190 g/mol. The zero-order valence-electron chi connectivity index (χ0n) is 8.34. The zero-order chi connectivity index (χ0) is 10.8. The first-order valence-electron chi connectivity index (χ1n) is 4.56. The lowest BCUT2D eigenvalue weighted by Crippen LogP contribution is -2.12. The Labute approximate surface area is 87.4 Å². The van der Waals surface area contributed by atoms with E-state index in [2.05, 4.69) is 4.98 Å². The van der Waals surface area contributed by atoms with Gasteiger partial charge in [0.1, 0.15) is 0 Å². The van der Waals surface area contributed by atoms with Crippen LogP contribution in [0.3, 0.4) is 0 Å². The van der Waals surface area contributed by atoms with Crippen molar-refractivity contribution in [2.45, 2.75) is 0 Å². The van der Waals surface area contributed by atoms with Gasteiger partial charge in [-0.3, -0.25) is 9.78 Å².